The molecule has 174 valence electrons. The Labute approximate surface area is 214 Å². The van der Waals surface area contributed by atoms with Gasteiger partial charge in [0.05, 0.1) is 22.8 Å². The smallest absolute Gasteiger partial charge is 0.135 e. The lowest BCUT2D eigenvalue weighted by Crippen LogP contribution is -2.58. The van der Waals surface area contributed by atoms with Gasteiger partial charge in [-0.15, -0.1) is 0 Å². The van der Waals surface area contributed by atoms with Gasteiger partial charge in [0.1, 0.15) is 5.15 Å². The molecule has 5 aliphatic rings. The predicted octanol–water partition coefficient (Wildman–Crippen LogP) is 8.08. The number of nitrogens with zero attached hydrogens (tertiary/aromatic N) is 3. The van der Waals surface area contributed by atoms with E-state index < -0.39 is 0 Å². The van der Waals surface area contributed by atoms with Crippen molar-refractivity contribution >= 4 is 44.1 Å². The fourth-order valence-electron chi connectivity index (χ4n) is 7.86. The second-order valence-electron chi connectivity index (χ2n) is 11.3. The highest BCUT2D eigenvalue weighted by Gasteiger charge is 2.56. The Balaban J connectivity index is 1.34. The average molecular weight is 535 g/mol. The molecule has 0 spiro atoms. The van der Waals surface area contributed by atoms with Crippen molar-refractivity contribution in [2.24, 2.45) is 22.9 Å². The van der Waals surface area contributed by atoms with Crippen molar-refractivity contribution in [3.05, 3.63) is 74.8 Å². The van der Waals surface area contributed by atoms with E-state index in [9.17, 15) is 0 Å². The topological polar surface area (TPSA) is 28.5 Å². The van der Waals surface area contributed by atoms with E-state index in [1.54, 1.807) is 0 Å². The maximum atomic E-state index is 6.93. The molecule has 0 radical (unpaired) electrons. The molecular weight excluding hydrogens is 506 g/mol. The van der Waals surface area contributed by atoms with Crippen LogP contribution in [0.5, 0.6) is 0 Å². The van der Waals surface area contributed by atoms with Crippen LogP contribution < -0.4 is 0 Å². The summed E-state index contributed by atoms with van der Waals surface area (Å²) < 4.78 is 1.10. The van der Waals surface area contributed by atoms with Gasteiger partial charge in [-0.3, -0.25) is 5.01 Å². The maximum absolute atomic E-state index is 6.93. The maximum Gasteiger partial charge on any atom is 0.135 e. The molecule has 1 aromatic heterocycles. The quantitative estimate of drug-likeness (QED) is 0.318. The lowest BCUT2D eigenvalue weighted by atomic mass is 9.52. The first-order chi connectivity index (χ1) is 16.5. The Hall–Kier alpha value is -1.91. The molecule has 1 unspecified atom stereocenters. The van der Waals surface area contributed by atoms with Crippen LogP contribution in [0.3, 0.4) is 0 Å². The third-order valence-corrected chi connectivity index (χ3v) is 9.72. The summed E-state index contributed by atoms with van der Waals surface area (Å²) in [7, 11) is 0. The zero-order valence-electron chi connectivity index (χ0n) is 19.5. The van der Waals surface area contributed by atoms with Crippen LogP contribution in [-0.2, 0) is 0 Å². The first kappa shape index (κ1) is 21.4. The fraction of sp³-hybridized carbons (Fsp3) is 0.448. The lowest BCUT2D eigenvalue weighted by Gasteiger charge is -2.60. The first-order valence-corrected chi connectivity index (χ1v) is 13.8. The minimum Gasteiger partial charge on any atom is -0.283 e. The van der Waals surface area contributed by atoms with Gasteiger partial charge in [-0.1, -0.05) is 51.8 Å². The molecule has 1 atom stereocenters. The first-order valence-electron chi connectivity index (χ1n) is 12.7. The van der Waals surface area contributed by atoms with Gasteiger partial charge in [-0.2, -0.15) is 5.10 Å². The summed E-state index contributed by atoms with van der Waals surface area (Å²) >= 11 is 10.5. The van der Waals surface area contributed by atoms with E-state index >= 15 is 0 Å². The van der Waals surface area contributed by atoms with Crippen molar-refractivity contribution < 1.29 is 0 Å². The summed E-state index contributed by atoms with van der Waals surface area (Å²) in [5.74, 6) is 2.60. The zero-order valence-corrected chi connectivity index (χ0v) is 21.8. The standard InChI is InChI=1S/C29H29BrClN3/c1-17-2-3-22-12-24(28(31)32-25(22)8-17)27-13-26(21-4-6-23(30)7-5-21)33-34(27)29-14-18-9-19(15-29)11-20(10-18)16-29/h2-8,12,18-20,27H,9-11,13-16H2,1H3. The molecule has 4 aliphatic carbocycles. The van der Waals surface area contributed by atoms with Gasteiger partial charge in [-0.05, 0) is 98.6 Å². The Kier molecular flexibility index (Phi) is 4.90. The molecule has 4 fully saturated rings. The Morgan fingerprint density at radius 2 is 1.62 bits per heavy atom. The van der Waals surface area contributed by atoms with Crippen LogP contribution in [0.25, 0.3) is 10.9 Å². The number of aromatic nitrogens is 1. The molecule has 3 aromatic rings. The minimum atomic E-state index is 0.139. The minimum absolute atomic E-state index is 0.139. The molecule has 34 heavy (non-hydrogen) atoms. The summed E-state index contributed by atoms with van der Waals surface area (Å²) in [6.45, 7) is 2.10. The molecular formula is C29H29BrClN3. The molecule has 0 N–H and O–H groups in total. The number of pyridine rings is 1. The molecule has 5 heteroatoms. The van der Waals surface area contributed by atoms with Crippen LogP contribution >= 0.6 is 27.5 Å². The number of fused-ring (bicyclic) bond motifs is 1. The highest BCUT2D eigenvalue weighted by molar-refractivity contribution is 9.10. The largest absolute Gasteiger partial charge is 0.283 e. The van der Waals surface area contributed by atoms with Crippen LogP contribution in [-0.4, -0.2) is 21.2 Å². The monoisotopic (exact) mass is 533 g/mol. The van der Waals surface area contributed by atoms with Gasteiger partial charge in [0.25, 0.3) is 0 Å². The summed E-state index contributed by atoms with van der Waals surface area (Å²) in [5.41, 5.74) is 5.86. The fourth-order valence-corrected chi connectivity index (χ4v) is 8.39. The third kappa shape index (κ3) is 3.44. The van der Waals surface area contributed by atoms with E-state index in [2.05, 4.69) is 76.4 Å². The molecule has 4 saturated carbocycles. The van der Waals surface area contributed by atoms with Crippen molar-refractivity contribution in [1.29, 1.82) is 0 Å². The predicted molar refractivity (Wildman–Crippen MR) is 142 cm³/mol. The van der Waals surface area contributed by atoms with E-state index in [0.29, 0.717) is 5.15 Å². The van der Waals surface area contributed by atoms with Crippen LogP contribution in [0, 0.1) is 24.7 Å². The van der Waals surface area contributed by atoms with E-state index in [4.69, 9.17) is 21.7 Å². The van der Waals surface area contributed by atoms with E-state index in [0.717, 1.165) is 45.1 Å². The SMILES string of the molecule is Cc1ccc2cc(C3CC(c4ccc(Br)cc4)=NN3C34CC5CC(CC(C5)C3)C4)c(Cl)nc2c1. The molecule has 4 bridgehead atoms. The molecule has 0 saturated heterocycles. The molecule has 0 amide bonds. The Morgan fingerprint density at radius 1 is 0.941 bits per heavy atom. The number of halogens is 2. The van der Waals surface area contributed by atoms with Gasteiger partial charge in [-0.25, -0.2) is 4.98 Å². The van der Waals surface area contributed by atoms with Crippen molar-refractivity contribution in [2.45, 2.75) is 63.5 Å². The van der Waals surface area contributed by atoms with Crippen molar-refractivity contribution in [3.63, 3.8) is 0 Å². The highest BCUT2D eigenvalue weighted by Crippen LogP contribution is 2.60. The molecule has 8 rings (SSSR count). The Bertz CT molecular complexity index is 1280. The number of hydrogen-bond donors (Lipinski definition) is 0. The number of benzene rings is 2. The van der Waals surface area contributed by atoms with E-state index in [1.807, 2.05) is 0 Å². The van der Waals surface area contributed by atoms with Crippen LogP contribution in [0.1, 0.15) is 67.7 Å². The molecule has 2 heterocycles. The second kappa shape index (κ2) is 7.80. The average Bonchev–Trinajstić information content (AvgIpc) is 3.24. The number of hydrogen-bond acceptors (Lipinski definition) is 3. The lowest BCUT2D eigenvalue weighted by molar-refractivity contribution is -0.0999. The number of aryl methyl sites for hydroxylation is 1. The van der Waals surface area contributed by atoms with Gasteiger partial charge >= 0.3 is 0 Å². The van der Waals surface area contributed by atoms with E-state index in [1.165, 1.54) is 55.4 Å². The summed E-state index contributed by atoms with van der Waals surface area (Å²) in [4.78, 5) is 4.85. The highest BCUT2D eigenvalue weighted by atomic mass is 79.9. The number of hydrazone groups is 1. The Morgan fingerprint density at radius 3 is 2.29 bits per heavy atom. The van der Waals surface area contributed by atoms with Crippen LogP contribution in [0.4, 0.5) is 0 Å². The van der Waals surface area contributed by atoms with Gasteiger partial charge < -0.3 is 0 Å². The summed E-state index contributed by atoms with van der Waals surface area (Å²) in [6, 6.07) is 17.5. The number of rotatable bonds is 3. The summed E-state index contributed by atoms with van der Waals surface area (Å²) in [6.07, 6.45) is 9.01. The molecule has 1 aliphatic heterocycles. The normalized spacial score (nSPS) is 32.0. The second-order valence-corrected chi connectivity index (χ2v) is 12.6. The van der Waals surface area contributed by atoms with E-state index in [-0.39, 0.29) is 11.6 Å². The zero-order chi connectivity index (χ0) is 23.0. The van der Waals surface area contributed by atoms with Gasteiger partial charge in [0.2, 0.25) is 0 Å². The van der Waals surface area contributed by atoms with Crippen molar-refractivity contribution in [1.82, 2.24) is 9.99 Å². The molecule has 3 nitrogen and oxygen atoms in total. The summed E-state index contributed by atoms with van der Waals surface area (Å²) in [5, 5.41) is 9.73. The molecule has 2 aromatic carbocycles. The van der Waals surface area contributed by atoms with Crippen LogP contribution in [0.2, 0.25) is 5.15 Å². The van der Waals surface area contributed by atoms with Gasteiger partial charge in [0.15, 0.2) is 0 Å². The van der Waals surface area contributed by atoms with Crippen molar-refractivity contribution in [3.8, 4) is 0 Å². The van der Waals surface area contributed by atoms with Crippen LogP contribution in [0.15, 0.2) is 58.1 Å². The third-order valence-electron chi connectivity index (χ3n) is 8.89. The van der Waals surface area contributed by atoms with Gasteiger partial charge in [0, 0.05) is 21.8 Å². The van der Waals surface area contributed by atoms with Crippen molar-refractivity contribution in [2.75, 3.05) is 0 Å².